The first-order valence-electron chi connectivity index (χ1n) is 9.90. The van der Waals surface area contributed by atoms with Gasteiger partial charge >= 0.3 is 0 Å². The van der Waals surface area contributed by atoms with E-state index in [9.17, 15) is 0 Å². The van der Waals surface area contributed by atoms with Crippen molar-refractivity contribution < 1.29 is 9.47 Å². The van der Waals surface area contributed by atoms with Gasteiger partial charge in [-0.1, -0.05) is 24.8 Å². The van der Waals surface area contributed by atoms with Gasteiger partial charge in [0.2, 0.25) is 0 Å². The van der Waals surface area contributed by atoms with Crippen LogP contribution in [0.3, 0.4) is 0 Å². The molecule has 0 amide bonds. The molecule has 2 aliphatic rings. The number of allylic oxidation sites excluding steroid dienone is 5. The van der Waals surface area contributed by atoms with Crippen molar-refractivity contribution in [2.45, 2.75) is 32.3 Å². The van der Waals surface area contributed by atoms with Crippen LogP contribution < -0.4 is 4.90 Å². The van der Waals surface area contributed by atoms with E-state index < -0.39 is 5.60 Å². The number of aromatic nitrogens is 1. The summed E-state index contributed by atoms with van der Waals surface area (Å²) in [5.41, 5.74) is 1.91. The first-order chi connectivity index (χ1) is 14.0. The van der Waals surface area contributed by atoms with Crippen LogP contribution in [0, 0.1) is 17.2 Å². The van der Waals surface area contributed by atoms with Crippen molar-refractivity contribution in [2.75, 3.05) is 31.2 Å². The summed E-state index contributed by atoms with van der Waals surface area (Å²) in [5, 5.41) is 9.61. The lowest BCUT2D eigenvalue weighted by atomic mass is 9.65. The molecule has 0 atom stereocenters. The van der Waals surface area contributed by atoms with Gasteiger partial charge in [-0.2, -0.15) is 5.26 Å². The summed E-state index contributed by atoms with van der Waals surface area (Å²) >= 11 is 5.28. The van der Waals surface area contributed by atoms with Gasteiger partial charge in [-0.05, 0) is 61.7 Å². The molecule has 1 saturated carbocycles. The molecular weight excluding hydrogens is 382 g/mol. The van der Waals surface area contributed by atoms with E-state index in [4.69, 9.17) is 31.9 Å². The molecule has 1 aromatic rings. The summed E-state index contributed by atoms with van der Waals surface area (Å²) in [5.74, 6) is 1.21. The Labute approximate surface area is 178 Å². The molecule has 0 unspecified atom stereocenters. The van der Waals surface area contributed by atoms with E-state index in [0.29, 0.717) is 10.6 Å². The van der Waals surface area contributed by atoms with Crippen LogP contribution in [0.15, 0.2) is 54.2 Å². The van der Waals surface area contributed by atoms with Crippen molar-refractivity contribution in [2.24, 2.45) is 5.92 Å². The van der Waals surface area contributed by atoms with E-state index in [1.165, 1.54) is 0 Å². The Morgan fingerprint density at radius 1 is 1.41 bits per heavy atom. The van der Waals surface area contributed by atoms with E-state index in [0.717, 1.165) is 56.2 Å². The van der Waals surface area contributed by atoms with E-state index in [1.54, 1.807) is 6.92 Å². The molecule has 6 heteroatoms. The molecule has 3 rings (SSSR count). The molecule has 1 saturated heterocycles. The van der Waals surface area contributed by atoms with Crippen LogP contribution in [0.4, 0.5) is 5.82 Å². The summed E-state index contributed by atoms with van der Waals surface area (Å²) in [6.07, 6.45) is 7.40. The Kier molecular flexibility index (Phi) is 6.83. The highest BCUT2D eigenvalue weighted by Crippen LogP contribution is 2.51. The van der Waals surface area contributed by atoms with Crippen LogP contribution in [-0.4, -0.2) is 36.3 Å². The number of hydrogen-bond donors (Lipinski definition) is 0. The third kappa shape index (κ3) is 4.92. The molecule has 0 N–H and O–H groups in total. The number of rotatable bonds is 6. The number of hydrogen-bond acceptors (Lipinski definition) is 6. The first-order valence-corrected chi connectivity index (χ1v) is 10.3. The van der Waals surface area contributed by atoms with Gasteiger partial charge in [0.25, 0.3) is 0 Å². The average molecular weight is 410 g/mol. The van der Waals surface area contributed by atoms with E-state index in [-0.39, 0.29) is 5.92 Å². The topological polar surface area (TPSA) is 58.4 Å². The molecular formula is C23H27N3O2S. The highest BCUT2D eigenvalue weighted by molar-refractivity contribution is 7.80. The lowest BCUT2D eigenvalue weighted by molar-refractivity contribution is -0.0552. The number of thiocarbonyl (C=S) groups is 1. The second-order valence-electron chi connectivity index (χ2n) is 7.45. The molecule has 1 aliphatic carbocycles. The van der Waals surface area contributed by atoms with Gasteiger partial charge < -0.3 is 14.4 Å². The maximum absolute atomic E-state index is 9.09. The number of ether oxygens (including phenoxy) is 2. The van der Waals surface area contributed by atoms with Gasteiger partial charge in [0.15, 0.2) is 10.7 Å². The third-order valence-corrected chi connectivity index (χ3v) is 5.43. The fourth-order valence-electron chi connectivity index (χ4n) is 3.97. The predicted octanol–water partition coefficient (Wildman–Crippen LogP) is 4.47. The number of nitrogens with zero attached hydrogens (tertiary/aromatic N) is 3. The minimum Gasteiger partial charge on any atom is -0.475 e. The van der Waals surface area contributed by atoms with Crippen molar-refractivity contribution in [3.05, 3.63) is 59.8 Å². The monoisotopic (exact) mass is 409 g/mol. The molecule has 1 aliphatic heterocycles. The summed E-state index contributed by atoms with van der Waals surface area (Å²) in [7, 11) is 0. The zero-order valence-electron chi connectivity index (χ0n) is 17.1. The second kappa shape index (κ2) is 9.34. The van der Waals surface area contributed by atoms with E-state index in [1.807, 2.05) is 43.4 Å². The van der Waals surface area contributed by atoms with Gasteiger partial charge in [-0.3, -0.25) is 0 Å². The summed E-state index contributed by atoms with van der Waals surface area (Å²) in [4.78, 5) is 7.18. The number of anilines is 1. The quantitative estimate of drug-likeness (QED) is 0.392. The van der Waals surface area contributed by atoms with Gasteiger partial charge in [0.05, 0.1) is 25.0 Å². The lowest BCUT2D eigenvalue weighted by Gasteiger charge is -2.47. The Bertz CT molecular complexity index is 872. The predicted molar refractivity (Wildman–Crippen MR) is 119 cm³/mol. The maximum atomic E-state index is 9.09. The molecule has 0 aromatic carbocycles. The van der Waals surface area contributed by atoms with Gasteiger partial charge in [-0.15, -0.1) is 0 Å². The smallest absolute Gasteiger partial charge is 0.158 e. The Morgan fingerprint density at radius 3 is 2.76 bits per heavy atom. The molecule has 5 nitrogen and oxygen atoms in total. The second-order valence-corrected chi connectivity index (χ2v) is 8.03. The Morgan fingerprint density at radius 2 is 2.14 bits per heavy atom. The molecule has 0 bridgehead atoms. The molecule has 0 spiro atoms. The van der Waals surface area contributed by atoms with Crippen LogP contribution in [0.1, 0.15) is 32.4 Å². The van der Waals surface area contributed by atoms with Crippen LogP contribution in [-0.2, 0) is 15.1 Å². The summed E-state index contributed by atoms with van der Waals surface area (Å²) in [6, 6.07) is 8.18. The van der Waals surface area contributed by atoms with E-state index >= 15 is 0 Å². The van der Waals surface area contributed by atoms with Crippen molar-refractivity contribution in [3.8, 4) is 6.07 Å². The zero-order valence-corrected chi connectivity index (χ0v) is 17.9. The molecule has 0 radical (unpaired) electrons. The van der Waals surface area contributed by atoms with Crippen LogP contribution >= 0.6 is 12.2 Å². The highest BCUT2D eigenvalue weighted by Gasteiger charge is 2.50. The minimum absolute atomic E-state index is 0.263. The SMILES string of the molecule is C=C(C#N)/C=C(\C=C/C)C1CC(OC(C)=S)(c2cccc(N3CCOCC3)n2)C1. The first kappa shape index (κ1) is 21.2. The summed E-state index contributed by atoms with van der Waals surface area (Å²) in [6.45, 7) is 10.7. The summed E-state index contributed by atoms with van der Waals surface area (Å²) < 4.78 is 11.6. The van der Waals surface area contributed by atoms with E-state index in [2.05, 4.69) is 17.5 Å². The fraction of sp³-hybridized carbons (Fsp3) is 0.435. The van der Waals surface area contributed by atoms with Crippen molar-refractivity contribution in [1.29, 1.82) is 5.26 Å². The van der Waals surface area contributed by atoms with Crippen LogP contribution in [0.25, 0.3) is 0 Å². The number of morpholine rings is 1. The molecule has 2 heterocycles. The lowest BCUT2D eigenvalue weighted by Crippen LogP contribution is -2.46. The highest BCUT2D eigenvalue weighted by atomic mass is 32.1. The van der Waals surface area contributed by atoms with Crippen LogP contribution in [0.5, 0.6) is 0 Å². The molecule has 2 fully saturated rings. The molecule has 1 aromatic heterocycles. The zero-order chi connectivity index (χ0) is 20.9. The molecule has 29 heavy (non-hydrogen) atoms. The molecule has 152 valence electrons. The largest absolute Gasteiger partial charge is 0.475 e. The Hall–Kier alpha value is -2.49. The van der Waals surface area contributed by atoms with Gasteiger partial charge in [0.1, 0.15) is 5.82 Å². The fourth-order valence-corrected chi connectivity index (χ4v) is 4.12. The minimum atomic E-state index is -0.534. The van der Waals surface area contributed by atoms with Crippen molar-refractivity contribution >= 4 is 23.1 Å². The van der Waals surface area contributed by atoms with Crippen LogP contribution in [0.2, 0.25) is 0 Å². The standard InChI is InChI=1S/C23H27N3O2S/c1-4-6-19(13-17(2)16-24)20-14-23(15-20,28-18(3)29)21-7-5-8-22(25-21)26-9-11-27-12-10-26/h4-8,13,20H,2,9-12,14-15H2,1,3H3/b6-4-,19-13+. The maximum Gasteiger partial charge on any atom is 0.158 e. The van der Waals surface area contributed by atoms with Gasteiger partial charge in [0, 0.05) is 25.6 Å². The number of pyridine rings is 1. The average Bonchev–Trinajstić information content (AvgIpc) is 2.70. The van der Waals surface area contributed by atoms with Crippen molar-refractivity contribution in [1.82, 2.24) is 4.98 Å². The number of nitriles is 1. The normalized spacial score (nSPS) is 24.7. The van der Waals surface area contributed by atoms with Gasteiger partial charge in [-0.25, -0.2) is 4.98 Å². The van der Waals surface area contributed by atoms with Crippen molar-refractivity contribution in [3.63, 3.8) is 0 Å². The Balaban J connectivity index is 1.86. The third-order valence-electron chi connectivity index (χ3n) is 5.34.